The molecule has 0 bridgehead atoms. The molecule has 1 aromatic rings. The number of aliphatic carboxylic acids is 1. The van der Waals surface area contributed by atoms with Crippen molar-refractivity contribution in [3.63, 3.8) is 0 Å². The summed E-state index contributed by atoms with van der Waals surface area (Å²) in [5.41, 5.74) is -0.0618. The molecular formula is C11H10N2O5. The Morgan fingerprint density at radius 2 is 2.11 bits per heavy atom. The number of rotatable bonds is 4. The third-order valence-electron chi connectivity index (χ3n) is 2.01. The van der Waals surface area contributed by atoms with Crippen molar-refractivity contribution >= 4 is 23.3 Å². The van der Waals surface area contributed by atoms with Gasteiger partial charge in [0.15, 0.2) is 0 Å². The Hall–Kier alpha value is -2.70. The molecule has 18 heavy (non-hydrogen) atoms. The van der Waals surface area contributed by atoms with E-state index in [9.17, 15) is 19.7 Å². The maximum Gasteiger partial charge on any atom is 0.331 e. The number of nitrogens with zero attached hydrogens (tertiary/aromatic N) is 1. The van der Waals surface area contributed by atoms with Crippen LogP contribution in [0, 0.1) is 10.1 Å². The Labute approximate surface area is 102 Å². The number of anilines is 1. The first-order valence-electron chi connectivity index (χ1n) is 4.87. The van der Waals surface area contributed by atoms with Gasteiger partial charge in [-0.15, -0.1) is 0 Å². The number of amides is 1. The average molecular weight is 250 g/mol. The molecule has 0 aromatic heterocycles. The second-order valence-electron chi connectivity index (χ2n) is 3.43. The predicted octanol–water partition coefficient (Wildman–Crippen LogP) is 1.56. The first-order valence-corrected chi connectivity index (χ1v) is 4.87. The number of carbonyl (C=O) groups is 2. The van der Waals surface area contributed by atoms with Crippen molar-refractivity contribution in [2.75, 3.05) is 5.32 Å². The van der Waals surface area contributed by atoms with Gasteiger partial charge in [-0.3, -0.25) is 14.9 Å². The minimum atomic E-state index is -1.20. The third kappa shape index (κ3) is 3.71. The summed E-state index contributed by atoms with van der Waals surface area (Å²) >= 11 is 0. The molecule has 1 amide bonds. The van der Waals surface area contributed by atoms with Gasteiger partial charge in [-0.1, -0.05) is 6.07 Å². The fraction of sp³-hybridized carbons (Fsp3) is 0.0909. The molecule has 0 spiro atoms. The van der Waals surface area contributed by atoms with Crippen molar-refractivity contribution in [2.45, 2.75) is 6.92 Å². The van der Waals surface area contributed by atoms with Gasteiger partial charge in [-0.05, 0) is 13.0 Å². The van der Waals surface area contributed by atoms with Gasteiger partial charge in [-0.25, -0.2) is 4.79 Å². The monoisotopic (exact) mass is 250 g/mol. The molecule has 7 nitrogen and oxygen atoms in total. The van der Waals surface area contributed by atoms with Crippen LogP contribution in [-0.4, -0.2) is 21.9 Å². The van der Waals surface area contributed by atoms with Gasteiger partial charge in [-0.2, -0.15) is 0 Å². The summed E-state index contributed by atoms with van der Waals surface area (Å²) in [7, 11) is 0. The second-order valence-corrected chi connectivity index (χ2v) is 3.43. The number of carboxylic acid groups (broad SMARTS) is 1. The van der Waals surface area contributed by atoms with Crippen LogP contribution >= 0.6 is 0 Å². The number of carboxylic acids is 1. The number of carbonyl (C=O) groups excluding carboxylic acids is 1. The molecule has 1 aromatic carbocycles. The highest BCUT2D eigenvalue weighted by Crippen LogP contribution is 2.16. The van der Waals surface area contributed by atoms with Crippen LogP contribution in [0.5, 0.6) is 0 Å². The van der Waals surface area contributed by atoms with Crippen LogP contribution in [0.4, 0.5) is 11.4 Å². The average Bonchev–Trinajstić information content (AvgIpc) is 2.28. The predicted molar refractivity (Wildman–Crippen MR) is 63.1 cm³/mol. The van der Waals surface area contributed by atoms with Crippen LogP contribution in [0.1, 0.15) is 6.92 Å². The van der Waals surface area contributed by atoms with E-state index in [2.05, 4.69) is 5.32 Å². The van der Waals surface area contributed by atoms with E-state index in [-0.39, 0.29) is 16.9 Å². The van der Waals surface area contributed by atoms with E-state index in [0.29, 0.717) is 0 Å². The summed E-state index contributed by atoms with van der Waals surface area (Å²) in [5.74, 6) is -1.86. The molecule has 0 unspecified atom stereocenters. The third-order valence-corrected chi connectivity index (χ3v) is 2.01. The molecule has 0 aliphatic rings. The lowest BCUT2D eigenvalue weighted by atomic mass is 10.2. The molecule has 0 fully saturated rings. The highest BCUT2D eigenvalue weighted by atomic mass is 16.6. The molecule has 1 rings (SSSR count). The number of benzene rings is 1. The highest BCUT2D eigenvalue weighted by molar-refractivity contribution is 6.04. The fourth-order valence-corrected chi connectivity index (χ4v) is 1.13. The number of nitro groups is 1. The van der Waals surface area contributed by atoms with Gasteiger partial charge in [0, 0.05) is 29.5 Å². The normalized spacial score (nSPS) is 10.8. The van der Waals surface area contributed by atoms with Gasteiger partial charge in [0.05, 0.1) is 4.92 Å². The van der Waals surface area contributed by atoms with Gasteiger partial charge in [0.1, 0.15) is 0 Å². The maximum absolute atomic E-state index is 11.4. The number of nitrogens with one attached hydrogen (secondary N) is 1. The first-order chi connectivity index (χ1) is 8.40. The van der Waals surface area contributed by atoms with Gasteiger partial charge in [0.2, 0.25) is 5.91 Å². The van der Waals surface area contributed by atoms with Crippen molar-refractivity contribution in [2.24, 2.45) is 0 Å². The highest BCUT2D eigenvalue weighted by Gasteiger charge is 2.08. The van der Waals surface area contributed by atoms with Gasteiger partial charge < -0.3 is 10.4 Å². The number of non-ortho nitro benzene ring substituents is 1. The minimum Gasteiger partial charge on any atom is -0.478 e. The van der Waals surface area contributed by atoms with E-state index in [4.69, 9.17) is 5.11 Å². The Kier molecular flexibility index (Phi) is 4.14. The van der Waals surface area contributed by atoms with E-state index in [0.717, 1.165) is 6.08 Å². The zero-order valence-corrected chi connectivity index (χ0v) is 9.41. The fourth-order valence-electron chi connectivity index (χ4n) is 1.13. The van der Waals surface area contributed by atoms with Crippen molar-refractivity contribution in [1.29, 1.82) is 0 Å². The summed E-state index contributed by atoms with van der Waals surface area (Å²) in [6.07, 6.45) is 0.904. The lowest BCUT2D eigenvalue weighted by molar-refractivity contribution is -0.384. The van der Waals surface area contributed by atoms with E-state index in [1.165, 1.54) is 31.2 Å². The first kappa shape index (κ1) is 13.4. The Balaban J connectivity index is 2.82. The Morgan fingerprint density at radius 1 is 1.44 bits per heavy atom. The number of hydrogen-bond donors (Lipinski definition) is 2. The molecule has 2 N–H and O–H groups in total. The molecular weight excluding hydrogens is 240 g/mol. The SMILES string of the molecule is C/C(=C\C(=O)Nc1cccc([N+](=O)[O-])c1)C(=O)O. The van der Waals surface area contributed by atoms with Gasteiger partial charge in [0.25, 0.3) is 5.69 Å². The summed E-state index contributed by atoms with van der Waals surface area (Å²) in [6.45, 7) is 1.27. The van der Waals surface area contributed by atoms with Crippen molar-refractivity contribution in [3.05, 3.63) is 46.0 Å². The topological polar surface area (TPSA) is 110 Å². The zero-order valence-electron chi connectivity index (χ0n) is 9.41. The van der Waals surface area contributed by atoms with Crippen LogP contribution < -0.4 is 5.32 Å². The lowest BCUT2D eigenvalue weighted by Gasteiger charge is -2.02. The Morgan fingerprint density at radius 3 is 2.67 bits per heavy atom. The molecule has 0 aliphatic heterocycles. The summed E-state index contributed by atoms with van der Waals surface area (Å²) in [6, 6.07) is 5.35. The van der Waals surface area contributed by atoms with Crippen LogP contribution in [0.15, 0.2) is 35.9 Å². The quantitative estimate of drug-likeness (QED) is 0.478. The molecule has 0 atom stereocenters. The van der Waals surface area contributed by atoms with Crippen molar-refractivity contribution in [1.82, 2.24) is 0 Å². The van der Waals surface area contributed by atoms with E-state index < -0.39 is 16.8 Å². The maximum atomic E-state index is 11.4. The summed E-state index contributed by atoms with van der Waals surface area (Å²) in [5, 5.41) is 21.4. The van der Waals surface area contributed by atoms with Gasteiger partial charge >= 0.3 is 5.97 Å². The van der Waals surface area contributed by atoms with E-state index in [1.807, 2.05) is 0 Å². The number of hydrogen-bond acceptors (Lipinski definition) is 4. The Bertz CT molecular complexity index is 536. The van der Waals surface area contributed by atoms with Crippen molar-refractivity contribution in [3.8, 4) is 0 Å². The molecule has 0 saturated carbocycles. The van der Waals surface area contributed by atoms with Crippen molar-refractivity contribution < 1.29 is 19.6 Å². The molecule has 0 radical (unpaired) electrons. The van der Waals surface area contributed by atoms with Crippen LogP contribution in [0.25, 0.3) is 0 Å². The van der Waals surface area contributed by atoms with Crippen LogP contribution in [0.3, 0.4) is 0 Å². The molecule has 7 heteroatoms. The van der Waals surface area contributed by atoms with E-state index >= 15 is 0 Å². The number of nitro benzene ring substituents is 1. The van der Waals surface area contributed by atoms with Crippen LogP contribution in [-0.2, 0) is 9.59 Å². The smallest absolute Gasteiger partial charge is 0.331 e. The minimum absolute atomic E-state index is 0.127. The van der Waals surface area contributed by atoms with Crippen LogP contribution in [0.2, 0.25) is 0 Å². The molecule has 94 valence electrons. The zero-order chi connectivity index (χ0) is 13.7. The second kappa shape index (κ2) is 5.58. The standard InChI is InChI=1S/C11H10N2O5/c1-7(11(15)16)5-10(14)12-8-3-2-4-9(6-8)13(17)18/h2-6H,1H3,(H,12,14)(H,15,16)/b7-5+. The lowest BCUT2D eigenvalue weighted by Crippen LogP contribution is -2.10. The largest absolute Gasteiger partial charge is 0.478 e. The molecule has 0 heterocycles. The molecule has 0 saturated heterocycles. The molecule has 0 aliphatic carbocycles. The summed E-state index contributed by atoms with van der Waals surface area (Å²) < 4.78 is 0. The van der Waals surface area contributed by atoms with E-state index in [1.54, 1.807) is 0 Å². The summed E-state index contributed by atoms with van der Waals surface area (Å²) in [4.78, 5) is 31.8.